The molecule has 0 spiro atoms. The van der Waals surface area contributed by atoms with Gasteiger partial charge in [-0.3, -0.25) is 9.78 Å². The van der Waals surface area contributed by atoms with Gasteiger partial charge in [-0.05, 0) is 29.8 Å². The summed E-state index contributed by atoms with van der Waals surface area (Å²) in [6.45, 7) is 0.747. The van der Waals surface area contributed by atoms with E-state index in [1.807, 2.05) is 83.7 Å². The smallest absolute Gasteiger partial charge is 0.246 e. The molecule has 6 heteroatoms. The molecular weight excluding hydrogens is 410 g/mol. The highest BCUT2D eigenvalue weighted by Crippen LogP contribution is 2.25. The zero-order valence-corrected chi connectivity index (χ0v) is 18.1. The summed E-state index contributed by atoms with van der Waals surface area (Å²) < 4.78 is 1.82. The van der Waals surface area contributed by atoms with Crippen LogP contribution >= 0.6 is 0 Å². The number of hydrogen-bond acceptors (Lipinski definition) is 4. The molecule has 2 heterocycles. The van der Waals surface area contributed by atoms with E-state index in [9.17, 15) is 4.79 Å². The molecule has 1 amide bonds. The third-order valence-corrected chi connectivity index (χ3v) is 5.12. The number of carbonyl (C=O) groups excluding carboxylic acids is 1. The summed E-state index contributed by atoms with van der Waals surface area (Å²) in [4.78, 5) is 18.8. The van der Waals surface area contributed by atoms with E-state index < -0.39 is 0 Å². The molecule has 0 radical (unpaired) electrons. The van der Waals surface area contributed by atoms with Gasteiger partial charge in [0.2, 0.25) is 5.91 Å². The zero-order chi connectivity index (χ0) is 22.9. The van der Waals surface area contributed by atoms with Crippen LogP contribution in [0.2, 0.25) is 0 Å². The van der Waals surface area contributed by atoms with Crippen molar-refractivity contribution in [2.24, 2.45) is 0 Å². The number of carbonyl (C=O) groups is 1. The molecule has 0 bridgehead atoms. The van der Waals surface area contributed by atoms with E-state index in [0.717, 1.165) is 28.1 Å². The first kappa shape index (κ1) is 21.7. The van der Waals surface area contributed by atoms with E-state index >= 15 is 0 Å². The van der Waals surface area contributed by atoms with Gasteiger partial charge in [0.15, 0.2) is 0 Å². The van der Waals surface area contributed by atoms with Gasteiger partial charge in [-0.1, -0.05) is 54.6 Å². The lowest BCUT2D eigenvalue weighted by atomic mass is 10.1. The Hall–Kier alpha value is -4.50. The quantitative estimate of drug-likeness (QED) is 0.371. The van der Waals surface area contributed by atoms with Crippen LogP contribution in [0.3, 0.4) is 0 Å². The molecule has 0 unspecified atom stereocenters. The molecule has 0 atom stereocenters. The minimum Gasteiger partial charge on any atom is -0.334 e. The van der Waals surface area contributed by atoms with Crippen LogP contribution in [0.4, 0.5) is 0 Å². The van der Waals surface area contributed by atoms with Gasteiger partial charge in [-0.2, -0.15) is 10.4 Å². The Morgan fingerprint density at radius 2 is 1.79 bits per heavy atom. The van der Waals surface area contributed by atoms with Gasteiger partial charge in [0.25, 0.3) is 0 Å². The maximum atomic E-state index is 13.0. The highest BCUT2D eigenvalue weighted by atomic mass is 16.2. The molecular formula is C27H23N5O. The Bertz CT molecular complexity index is 1260. The molecule has 4 rings (SSSR count). The fourth-order valence-corrected chi connectivity index (χ4v) is 3.47. The van der Waals surface area contributed by atoms with Crippen LogP contribution in [0.25, 0.3) is 23.0 Å². The molecule has 0 aliphatic rings. The van der Waals surface area contributed by atoms with Crippen molar-refractivity contribution in [1.29, 1.82) is 5.26 Å². The fourth-order valence-electron chi connectivity index (χ4n) is 3.47. The third kappa shape index (κ3) is 5.60. The third-order valence-electron chi connectivity index (χ3n) is 5.12. The van der Waals surface area contributed by atoms with Gasteiger partial charge in [0.05, 0.1) is 23.9 Å². The highest BCUT2D eigenvalue weighted by molar-refractivity contribution is 5.93. The van der Waals surface area contributed by atoms with Gasteiger partial charge in [0, 0.05) is 48.9 Å². The van der Waals surface area contributed by atoms with Crippen LogP contribution < -0.4 is 0 Å². The summed E-state index contributed by atoms with van der Waals surface area (Å²) in [5.74, 6) is -0.166. The minimum absolute atomic E-state index is 0.166. The second-order valence-electron chi connectivity index (χ2n) is 7.44. The number of amides is 1. The van der Waals surface area contributed by atoms with E-state index in [1.165, 1.54) is 0 Å². The lowest BCUT2D eigenvalue weighted by Gasteiger charge is -2.19. The van der Waals surface area contributed by atoms with Crippen LogP contribution in [-0.2, 0) is 11.3 Å². The van der Waals surface area contributed by atoms with Crippen molar-refractivity contribution < 1.29 is 4.79 Å². The monoisotopic (exact) mass is 433 g/mol. The van der Waals surface area contributed by atoms with E-state index in [4.69, 9.17) is 10.4 Å². The molecule has 0 N–H and O–H groups in total. The molecule has 2 aromatic heterocycles. The van der Waals surface area contributed by atoms with E-state index in [-0.39, 0.29) is 12.3 Å². The number of nitrogens with zero attached hydrogens (tertiary/aromatic N) is 5. The maximum absolute atomic E-state index is 13.0. The first-order valence-electron chi connectivity index (χ1n) is 10.7. The van der Waals surface area contributed by atoms with Crippen molar-refractivity contribution in [2.75, 3.05) is 6.54 Å². The summed E-state index contributed by atoms with van der Waals surface area (Å²) >= 11 is 0. The average Bonchev–Trinajstić information content (AvgIpc) is 3.31. The molecule has 0 aliphatic heterocycles. The summed E-state index contributed by atoms with van der Waals surface area (Å²) in [6.07, 6.45) is 8.95. The summed E-state index contributed by atoms with van der Waals surface area (Å²) in [7, 11) is 0. The molecule has 162 valence electrons. The van der Waals surface area contributed by atoms with Crippen molar-refractivity contribution in [2.45, 2.75) is 13.0 Å². The highest BCUT2D eigenvalue weighted by Gasteiger charge is 2.14. The Kier molecular flexibility index (Phi) is 7.04. The lowest BCUT2D eigenvalue weighted by Crippen LogP contribution is -2.29. The molecule has 0 fully saturated rings. The van der Waals surface area contributed by atoms with E-state index in [0.29, 0.717) is 13.1 Å². The Morgan fingerprint density at radius 1 is 1.03 bits per heavy atom. The van der Waals surface area contributed by atoms with Gasteiger partial charge in [0.1, 0.15) is 0 Å². The van der Waals surface area contributed by atoms with Crippen molar-refractivity contribution in [3.8, 4) is 23.0 Å². The van der Waals surface area contributed by atoms with Crippen LogP contribution in [0.5, 0.6) is 0 Å². The summed E-state index contributed by atoms with van der Waals surface area (Å²) in [5, 5.41) is 13.8. The van der Waals surface area contributed by atoms with Crippen LogP contribution in [0.15, 0.2) is 97.5 Å². The van der Waals surface area contributed by atoms with E-state index in [2.05, 4.69) is 11.1 Å². The first-order chi connectivity index (χ1) is 16.2. The Morgan fingerprint density at radius 3 is 2.48 bits per heavy atom. The average molecular weight is 434 g/mol. The predicted molar refractivity (Wildman–Crippen MR) is 128 cm³/mol. The summed E-state index contributed by atoms with van der Waals surface area (Å²) in [6, 6.07) is 25.6. The second-order valence-corrected chi connectivity index (χ2v) is 7.44. The predicted octanol–water partition coefficient (Wildman–Crippen LogP) is 4.89. The Labute approximate surface area is 193 Å². The lowest BCUT2D eigenvalue weighted by molar-refractivity contribution is -0.126. The largest absolute Gasteiger partial charge is 0.334 e. The molecule has 0 saturated heterocycles. The van der Waals surface area contributed by atoms with Crippen molar-refractivity contribution in [3.63, 3.8) is 0 Å². The van der Waals surface area contributed by atoms with Gasteiger partial charge in [-0.15, -0.1) is 0 Å². The van der Waals surface area contributed by atoms with Crippen molar-refractivity contribution >= 4 is 12.0 Å². The van der Waals surface area contributed by atoms with Gasteiger partial charge < -0.3 is 4.90 Å². The number of rotatable bonds is 8. The topological polar surface area (TPSA) is 74.8 Å². The maximum Gasteiger partial charge on any atom is 0.246 e. The van der Waals surface area contributed by atoms with E-state index in [1.54, 1.807) is 29.4 Å². The van der Waals surface area contributed by atoms with Crippen LogP contribution in [0, 0.1) is 11.3 Å². The SMILES string of the molecule is N#CCCN(Cc1cccnc1)C(=O)C=Cc1cn(-c2ccccc2)nc1-c1ccccc1. The number of para-hydroxylation sites is 1. The number of hydrogen-bond donors (Lipinski definition) is 0. The van der Waals surface area contributed by atoms with Gasteiger partial charge in [-0.25, -0.2) is 4.68 Å². The number of aromatic nitrogens is 3. The minimum atomic E-state index is -0.166. The second kappa shape index (κ2) is 10.7. The standard InChI is InChI=1S/C27H23N5O/c28-16-8-18-31(20-22-9-7-17-29-19-22)26(33)15-14-24-21-32(25-12-5-2-6-13-25)30-27(24)23-10-3-1-4-11-23/h1-7,9-15,17,19,21H,8,18,20H2. The number of benzene rings is 2. The zero-order valence-electron chi connectivity index (χ0n) is 18.1. The van der Waals surface area contributed by atoms with Crippen LogP contribution in [-0.4, -0.2) is 32.1 Å². The normalized spacial score (nSPS) is 10.8. The van der Waals surface area contributed by atoms with Crippen LogP contribution in [0.1, 0.15) is 17.5 Å². The number of nitriles is 1. The Balaban J connectivity index is 1.63. The molecule has 0 aliphatic carbocycles. The number of pyridine rings is 1. The molecule has 2 aromatic carbocycles. The molecule has 0 saturated carbocycles. The van der Waals surface area contributed by atoms with Gasteiger partial charge >= 0.3 is 0 Å². The molecule has 4 aromatic rings. The first-order valence-corrected chi connectivity index (χ1v) is 10.7. The summed E-state index contributed by atoms with van der Waals surface area (Å²) in [5.41, 5.74) is 4.45. The molecule has 33 heavy (non-hydrogen) atoms. The van der Waals surface area contributed by atoms with Crippen molar-refractivity contribution in [1.82, 2.24) is 19.7 Å². The fraction of sp³-hybridized carbons (Fsp3) is 0.111. The molecule has 6 nitrogen and oxygen atoms in total. The van der Waals surface area contributed by atoms with Crippen molar-refractivity contribution in [3.05, 3.63) is 109 Å².